The van der Waals surface area contributed by atoms with Gasteiger partial charge in [-0.1, -0.05) is 30.3 Å². The fourth-order valence-corrected chi connectivity index (χ4v) is 2.49. The number of thioether (sulfide) groups is 1. The lowest BCUT2D eigenvalue weighted by atomic mass is 10.2. The van der Waals surface area contributed by atoms with E-state index in [1.807, 2.05) is 37.3 Å². The molecule has 108 valence electrons. The van der Waals surface area contributed by atoms with Crippen LogP contribution < -0.4 is 5.43 Å². The van der Waals surface area contributed by atoms with Gasteiger partial charge in [-0.3, -0.25) is 4.79 Å². The summed E-state index contributed by atoms with van der Waals surface area (Å²) in [5.74, 6) is -0.0577. The van der Waals surface area contributed by atoms with Gasteiger partial charge in [0.1, 0.15) is 5.75 Å². The van der Waals surface area contributed by atoms with Crippen molar-refractivity contribution in [2.45, 2.75) is 17.1 Å². The van der Waals surface area contributed by atoms with Crippen LogP contribution >= 0.6 is 11.8 Å². The zero-order valence-electron chi connectivity index (χ0n) is 11.6. The summed E-state index contributed by atoms with van der Waals surface area (Å²) in [5, 5.41) is 13.2. The van der Waals surface area contributed by atoms with Crippen LogP contribution in [0.15, 0.2) is 64.6 Å². The fraction of sp³-hybridized carbons (Fsp3) is 0.125. The number of carbonyl (C=O) groups excluding carboxylic acids is 1. The van der Waals surface area contributed by atoms with Gasteiger partial charge in [0.25, 0.3) is 5.91 Å². The molecule has 0 aromatic heterocycles. The van der Waals surface area contributed by atoms with Crippen molar-refractivity contribution in [1.29, 1.82) is 0 Å². The molecule has 4 nitrogen and oxygen atoms in total. The molecule has 0 unspecified atom stereocenters. The average molecular weight is 300 g/mol. The average Bonchev–Trinajstić information content (AvgIpc) is 2.50. The van der Waals surface area contributed by atoms with E-state index in [0.717, 1.165) is 4.90 Å². The van der Waals surface area contributed by atoms with E-state index in [-0.39, 0.29) is 16.9 Å². The molecule has 0 spiro atoms. The Bertz CT molecular complexity index is 629. The summed E-state index contributed by atoms with van der Waals surface area (Å²) in [7, 11) is 0. The maximum absolute atomic E-state index is 11.9. The molecule has 0 fully saturated rings. The molecule has 1 amide bonds. The third-order valence-electron chi connectivity index (χ3n) is 2.74. The Morgan fingerprint density at radius 1 is 1.19 bits per heavy atom. The molecule has 0 saturated carbocycles. The molecule has 0 aliphatic heterocycles. The van der Waals surface area contributed by atoms with Crippen molar-refractivity contribution in [3.63, 3.8) is 0 Å². The van der Waals surface area contributed by atoms with Gasteiger partial charge in [0.15, 0.2) is 0 Å². The molecular formula is C16H16N2O2S. The van der Waals surface area contributed by atoms with Gasteiger partial charge in [0.05, 0.1) is 11.5 Å². The summed E-state index contributed by atoms with van der Waals surface area (Å²) in [5.41, 5.74) is 3.03. The normalized spacial score (nSPS) is 12.2. The molecule has 0 saturated heterocycles. The van der Waals surface area contributed by atoms with Crippen molar-refractivity contribution >= 4 is 23.9 Å². The second kappa shape index (κ2) is 7.50. The molecule has 0 aliphatic rings. The van der Waals surface area contributed by atoms with Crippen LogP contribution in [-0.2, 0) is 4.79 Å². The molecule has 0 radical (unpaired) electrons. The summed E-state index contributed by atoms with van der Waals surface area (Å²) in [4.78, 5) is 12.9. The van der Waals surface area contributed by atoms with Gasteiger partial charge in [0, 0.05) is 10.5 Å². The molecule has 1 atom stereocenters. The minimum atomic E-state index is -0.256. The maximum atomic E-state index is 11.9. The van der Waals surface area contributed by atoms with Gasteiger partial charge in [-0.15, -0.1) is 11.8 Å². The highest BCUT2D eigenvalue weighted by molar-refractivity contribution is 8.00. The van der Waals surface area contributed by atoms with Gasteiger partial charge in [-0.2, -0.15) is 5.10 Å². The number of phenolic OH excluding ortho intramolecular Hbond substituents is 1. The highest BCUT2D eigenvalue weighted by Gasteiger charge is 2.13. The summed E-state index contributed by atoms with van der Waals surface area (Å²) in [6.07, 6.45) is 1.42. The van der Waals surface area contributed by atoms with Gasteiger partial charge >= 0.3 is 0 Å². The Labute approximate surface area is 127 Å². The Kier molecular flexibility index (Phi) is 5.40. The molecule has 0 aliphatic carbocycles. The zero-order valence-corrected chi connectivity index (χ0v) is 12.4. The number of hydrogen-bond acceptors (Lipinski definition) is 4. The van der Waals surface area contributed by atoms with Gasteiger partial charge < -0.3 is 5.11 Å². The van der Waals surface area contributed by atoms with E-state index < -0.39 is 0 Å². The summed E-state index contributed by atoms with van der Waals surface area (Å²) >= 11 is 1.47. The zero-order chi connectivity index (χ0) is 15.1. The predicted molar refractivity (Wildman–Crippen MR) is 85.6 cm³/mol. The first-order valence-corrected chi connectivity index (χ1v) is 7.37. The number of benzene rings is 2. The van der Waals surface area contributed by atoms with Crippen LogP contribution in [0.5, 0.6) is 5.75 Å². The minimum Gasteiger partial charge on any atom is -0.507 e. The lowest BCUT2D eigenvalue weighted by molar-refractivity contribution is -0.120. The topological polar surface area (TPSA) is 61.7 Å². The van der Waals surface area contributed by atoms with Gasteiger partial charge in [0.2, 0.25) is 0 Å². The lowest BCUT2D eigenvalue weighted by Gasteiger charge is -2.09. The molecule has 2 aromatic carbocycles. The molecule has 2 N–H and O–H groups in total. The van der Waals surface area contributed by atoms with Gasteiger partial charge in [-0.25, -0.2) is 5.43 Å². The van der Waals surface area contributed by atoms with E-state index in [1.165, 1.54) is 18.0 Å². The number of nitrogens with one attached hydrogen (secondary N) is 1. The monoisotopic (exact) mass is 300 g/mol. The fourth-order valence-electron chi connectivity index (χ4n) is 1.61. The summed E-state index contributed by atoms with van der Waals surface area (Å²) in [6.45, 7) is 1.82. The van der Waals surface area contributed by atoms with Crippen LogP contribution in [0.2, 0.25) is 0 Å². The van der Waals surface area contributed by atoms with E-state index >= 15 is 0 Å². The molecule has 21 heavy (non-hydrogen) atoms. The van der Waals surface area contributed by atoms with Crippen LogP contribution in [0.4, 0.5) is 0 Å². The summed E-state index contributed by atoms with van der Waals surface area (Å²) in [6, 6.07) is 16.5. The predicted octanol–water partition coefficient (Wildman–Crippen LogP) is 3.02. The number of amides is 1. The first kappa shape index (κ1) is 15.1. The molecule has 2 aromatic rings. The second-order valence-corrected chi connectivity index (χ2v) is 5.78. The highest BCUT2D eigenvalue weighted by atomic mass is 32.2. The number of nitrogens with zero attached hydrogens (tertiary/aromatic N) is 1. The van der Waals surface area contributed by atoms with E-state index in [0.29, 0.717) is 5.56 Å². The second-order valence-electron chi connectivity index (χ2n) is 4.37. The van der Waals surface area contributed by atoms with Crippen molar-refractivity contribution in [1.82, 2.24) is 5.43 Å². The van der Waals surface area contributed by atoms with Crippen LogP contribution in [0.3, 0.4) is 0 Å². The Hall–Kier alpha value is -2.27. The van der Waals surface area contributed by atoms with Crippen LogP contribution in [0, 0.1) is 0 Å². The van der Waals surface area contributed by atoms with Crippen LogP contribution in [0.25, 0.3) is 0 Å². The van der Waals surface area contributed by atoms with Crippen molar-refractivity contribution in [3.05, 3.63) is 60.2 Å². The van der Waals surface area contributed by atoms with Crippen LogP contribution in [0.1, 0.15) is 12.5 Å². The van der Waals surface area contributed by atoms with Crippen molar-refractivity contribution in [2.24, 2.45) is 5.10 Å². The minimum absolute atomic E-state index is 0.127. The molecule has 0 bridgehead atoms. The number of hydrazone groups is 1. The maximum Gasteiger partial charge on any atom is 0.253 e. The van der Waals surface area contributed by atoms with Gasteiger partial charge in [-0.05, 0) is 31.2 Å². The van der Waals surface area contributed by atoms with Crippen LogP contribution in [-0.4, -0.2) is 22.5 Å². The van der Waals surface area contributed by atoms with Crippen molar-refractivity contribution in [2.75, 3.05) is 0 Å². The third kappa shape index (κ3) is 4.65. The van der Waals surface area contributed by atoms with E-state index in [1.54, 1.807) is 24.3 Å². The van der Waals surface area contributed by atoms with Crippen molar-refractivity contribution in [3.8, 4) is 5.75 Å². The largest absolute Gasteiger partial charge is 0.507 e. The number of carbonyl (C=O) groups is 1. The standard InChI is InChI=1S/C16H16N2O2S/c1-12(21-14-8-3-2-4-9-14)16(20)18-17-11-13-7-5-6-10-15(13)19/h2-12,19H,1H3,(H,18,20)/b17-11-/t12-/m0/s1. The summed E-state index contributed by atoms with van der Waals surface area (Å²) < 4.78 is 0. The number of phenols is 1. The smallest absolute Gasteiger partial charge is 0.253 e. The van der Waals surface area contributed by atoms with Crippen molar-refractivity contribution < 1.29 is 9.90 Å². The number of para-hydroxylation sites is 1. The first-order valence-electron chi connectivity index (χ1n) is 6.49. The highest BCUT2D eigenvalue weighted by Crippen LogP contribution is 2.22. The SMILES string of the molecule is C[C@H](Sc1ccccc1)C(=O)N/N=C\c1ccccc1O. The molecule has 5 heteroatoms. The van der Waals surface area contributed by atoms with E-state index in [4.69, 9.17) is 0 Å². The Morgan fingerprint density at radius 3 is 2.57 bits per heavy atom. The number of rotatable bonds is 5. The Morgan fingerprint density at radius 2 is 1.86 bits per heavy atom. The number of hydrogen-bond donors (Lipinski definition) is 2. The lowest BCUT2D eigenvalue weighted by Crippen LogP contribution is -2.26. The van der Waals surface area contributed by atoms with E-state index in [2.05, 4.69) is 10.5 Å². The quantitative estimate of drug-likeness (QED) is 0.507. The number of aromatic hydroxyl groups is 1. The third-order valence-corrected chi connectivity index (χ3v) is 3.85. The van der Waals surface area contributed by atoms with E-state index in [9.17, 15) is 9.90 Å². The molecule has 0 heterocycles. The Balaban J connectivity index is 1.88. The first-order chi connectivity index (χ1) is 10.2. The molecular weight excluding hydrogens is 284 g/mol. The molecule has 2 rings (SSSR count).